The molecule has 0 radical (unpaired) electrons. The molecule has 0 saturated carbocycles. The van der Waals surface area contributed by atoms with Crippen molar-refractivity contribution in [3.05, 3.63) is 132 Å². The predicted molar refractivity (Wildman–Crippen MR) is 163 cm³/mol. The maximum absolute atomic E-state index is 14.2. The molecule has 2 atom stereocenters. The van der Waals surface area contributed by atoms with E-state index in [1.807, 2.05) is 79.7 Å². The van der Waals surface area contributed by atoms with Gasteiger partial charge in [-0.25, -0.2) is 4.39 Å². The fourth-order valence-electron chi connectivity index (χ4n) is 5.50. The van der Waals surface area contributed by atoms with E-state index in [0.717, 1.165) is 45.5 Å². The number of thiocarbonyl (C=S) groups is 1. The van der Waals surface area contributed by atoms with E-state index < -0.39 is 0 Å². The summed E-state index contributed by atoms with van der Waals surface area (Å²) >= 11 is 5.92. The van der Waals surface area contributed by atoms with Gasteiger partial charge in [-0.05, 0) is 117 Å². The summed E-state index contributed by atoms with van der Waals surface area (Å²) in [5, 5.41) is 4.12. The van der Waals surface area contributed by atoms with Crippen LogP contribution in [0.2, 0.25) is 0 Å². The van der Waals surface area contributed by atoms with Crippen molar-refractivity contribution in [1.29, 1.82) is 0 Å². The zero-order valence-corrected chi connectivity index (χ0v) is 23.7. The molecule has 3 aromatic carbocycles. The fraction of sp³-hybridized carbons (Fsp3) is 0.152. The first-order valence-electron chi connectivity index (χ1n) is 13.3. The number of pyridine rings is 1. The van der Waals surface area contributed by atoms with E-state index in [1.54, 1.807) is 25.4 Å². The largest absolute Gasteiger partial charge is 0.497 e. The Labute approximate surface area is 244 Å². The van der Waals surface area contributed by atoms with Gasteiger partial charge < -0.3 is 24.3 Å². The minimum Gasteiger partial charge on any atom is -0.497 e. The molecule has 206 valence electrons. The van der Waals surface area contributed by atoms with Gasteiger partial charge in [0.15, 0.2) is 5.11 Å². The van der Waals surface area contributed by atoms with Gasteiger partial charge in [-0.15, -0.1) is 0 Å². The highest BCUT2D eigenvalue weighted by Crippen LogP contribution is 2.44. The molecule has 6 rings (SSSR count). The van der Waals surface area contributed by atoms with Gasteiger partial charge in [0.05, 0.1) is 24.9 Å². The Morgan fingerprint density at radius 2 is 1.54 bits per heavy atom. The van der Waals surface area contributed by atoms with Crippen LogP contribution in [0.1, 0.15) is 34.7 Å². The van der Waals surface area contributed by atoms with Crippen molar-refractivity contribution in [2.45, 2.75) is 25.9 Å². The summed E-state index contributed by atoms with van der Waals surface area (Å²) in [7, 11) is 1.64. The second-order valence-corrected chi connectivity index (χ2v) is 10.3. The van der Waals surface area contributed by atoms with Crippen molar-refractivity contribution in [3.8, 4) is 22.9 Å². The lowest BCUT2D eigenvalue weighted by molar-refractivity contribution is 0.413. The number of nitrogens with zero attached hydrogens (tertiary/aromatic N) is 3. The summed E-state index contributed by atoms with van der Waals surface area (Å²) in [5.74, 6) is 1.92. The maximum atomic E-state index is 14.2. The molecule has 8 heteroatoms. The summed E-state index contributed by atoms with van der Waals surface area (Å²) < 4.78 is 27.5. The number of rotatable bonds is 7. The van der Waals surface area contributed by atoms with Gasteiger partial charge in [0.1, 0.15) is 23.1 Å². The zero-order valence-electron chi connectivity index (χ0n) is 22.9. The Morgan fingerprint density at radius 3 is 2.20 bits per heavy atom. The number of aryl methyl sites for hydroxylation is 1. The lowest BCUT2D eigenvalue weighted by Gasteiger charge is -2.28. The molecule has 1 aliphatic heterocycles. The molecule has 2 aromatic heterocycles. The van der Waals surface area contributed by atoms with E-state index in [-0.39, 0.29) is 17.9 Å². The van der Waals surface area contributed by atoms with Crippen LogP contribution in [0.5, 0.6) is 17.2 Å². The third-order valence-electron chi connectivity index (χ3n) is 7.36. The van der Waals surface area contributed by atoms with Gasteiger partial charge >= 0.3 is 0 Å². The van der Waals surface area contributed by atoms with Crippen LogP contribution in [0.4, 0.5) is 10.1 Å². The quantitative estimate of drug-likeness (QED) is 0.205. The number of ether oxygens (including phenoxy) is 2. The van der Waals surface area contributed by atoms with E-state index in [0.29, 0.717) is 10.9 Å². The molecular weight excluding hydrogens is 535 g/mol. The number of methoxy groups -OCH3 is 1. The Bertz CT molecular complexity index is 1690. The molecular formula is C33H29FN4O2S. The minimum absolute atomic E-state index is 0.194. The number of hydrogen-bond donors (Lipinski definition) is 1. The molecule has 1 saturated heterocycles. The number of anilines is 1. The van der Waals surface area contributed by atoms with Crippen LogP contribution < -0.4 is 19.7 Å². The molecule has 1 aliphatic rings. The van der Waals surface area contributed by atoms with Crippen molar-refractivity contribution >= 4 is 23.0 Å². The average molecular weight is 565 g/mol. The van der Waals surface area contributed by atoms with Crippen LogP contribution in [0.3, 0.4) is 0 Å². The van der Waals surface area contributed by atoms with Crippen molar-refractivity contribution < 1.29 is 13.9 Å². The van der Waals surface area contributed by atoms with Crippen molar-refractivity contribution in [2.75, 3.05) is 12.0 Å². The number of halogens is 1. The molecule has 1 N–H and O–H groups in total. The van der Waals surface area contributed by atoms with Crippen LogP contribution in [0.25, 0.3) is 5.69 Å². The second-order valence-electron chi connectivity index (χ2n) is 9.91. The predicted octanol–water partition coefficient (Wildman–Crippen LogP) is 7.61. The van der Waals surface area contributed by atoms with E-state index in [1.165, 1.54) is 6.07 Å². The highest BCUT2D eigenvalue weighted by atomic mass is 32.1. The van der Waals surface area contributed by atoms with E-state index in [9.17, 15) is 4.39 Å². The Morgan fingerprint density at radius 1 is 0.829 bits per heavy atom. The summed E-state index contributed by atoms with van der Waals surface area (Å²) in [6.45, 7) is 4.10. The first-order valence-corrected chi connectivity index (χ1v) is 13.7. The van der Waals surface area contributed by atoms with E-state index in [4.69, 9.17) is 21.7 Å². The first-order chi connectivity index (χ1) is 19.9. The van der Waals surface area contributed by atoms with Gasteiger partial charge in [0.25, 0.3) is 0 Å². The summed E-state index contributed by atoms with van der Waals surface area (Å²) in [6.07, 6.45) is 1.79. The van der Waals surface area contributed by atoms with E-state index >= 15 is 0 Å². The average Bonchev–Trinajstić information content (AvgIpc) is 3.49. The lowest BCUT2D eigenvalue weighted by Crippen LogP contribution is -2.29. The van der Waals surface area contributed by atoms with Crippen LogP contribution in [-0.2, 0) is 0 Å². The molecule has 0 unspecified atom stereocenters. The lowest BCUT2D eigenvalue weighted by atomic mass is 9.96. The normalized spacial score (nSPS) is 16.5. The molecule has 6 nitrogen and oxygen atoms in total. The Kier molecular flexibility index (Phi) is 7.15. The highest BCUT2D eigenvalue weighted by Gasteiger charge is 2.42. The molecule has 1 fully saturated rings. The summed E-state index contributed by atoms with van der Waals surface area (Å²) in [5.41, 5.74) is 5.67. The number of benzene rings is 3. The van der Waals surface area contributed by atoms with Crippen molar-refractivity contribution in [1.82, 2.24) is 14.9 Å². The van der Waals surface area contributed by atoms with Crippen LogP contribution in [-0.4, -0.2) is 21.8 Å². The first kappa shape index (κ1) is 26.5. The van der Waals surface area contributed by atoms with Crippen molar-refractivity contribution in [2.24, 2.45) is 0 Å². The molecule has 0 spiro atoms. The number of nitrogens with one attached hydrogen (secondary N) is 1. The van der Waals surface area contributed by atoms with Crippen LogP contribution in [0.15, 0.2) is 103 Å². The molecule has 0 bridgehead atoms. The molecule has 41 heavy (non-hydrogen) atoms. The number of hydrogen-bond acceptors (Lipinski definition) is 4. The number of aromatic nitrogens is 2. The maximum Gasteiger partial charge on any atom is 0.174 e. The van der Waals surface area contributed by atoms with Gasteiger partial charge in [-0.1, -0.05) is 12.1 Å². The van der Waals surface area contributed by atoms with Gasteiger partial charge in [-0.3, -0.25) is 4.98 Å². The van der Waals surface area contributed by atoms with Gasteiger partial charge in [0, 0.05) is 29.0 Å². The fourth-order valence-corrected chi connectivity index (χ4v) is 5.85. The standard InChI is InChI=1S/C33H29FN4O2S/c1-21-19-29(22(2)37(21)25-8-6-7-23(34)20-25)32-31(30-9-4-5-18-35-30)36-33(41)38(32)24-10-12-27(13-11-24)40-28-16-14-26(39-3)15-17-28/h4-20,31-32H,1-3H3,(H,36,41)/t31-,32+/m0/s1. The highest BCUT2D eigenvalue weighted by molar-refractivity contribution is 7.80. The van der Waals surface area contributed by atoms with Gasteiger partial charge in [-0.2, -0.15) is 0 Å². The van der Waals surface area contributed by atoms with Crippen LogP contribution >= 0.6 is 12.2 Å². The zero-order chi connectivity index (χ0) is 28.5. The third-order valence-corrected chi connectivity index (χ3v) is 7.68. The Balaban J connectivity index is 1.39. The SMILES string of the molecule is COc1ccc(Oc2ccc(N3C(=S)N[C@@H](c4ccccn4)[C@H]3c3cc(C)n(-c4cccc(F)c4)c3C)cc2)cc1. The summed E-state index contributed by atoms with van der Waals surface area (Å²) in [4.78, 5) is 6.80. The van der Waals surface area contributed by atoms with Crippen molar-refractivity contribution in [3.63, 3.8) is 0 Å². The van der Waals surface area contributed by atoms with E-state index in [2.05, 4.69) is 32.8 Å². The monoisotopic (exact) mass is 564 g/mol. The molecule has 0 aliphatic carbocycles. The molecule has 3 heterocycles. The van der Waals surface area contributed by atoms with Gasteiger partial charge in [0.2, 0.25) is 0 Å². The second kappa shape index (κ2) is 11.1. The van der Waals surface area contributed by atoms with Crippen LogP contribution in [0, 0.1) is 19.7 Å². The smallest absolute Gasteiger partial charge is 0.174 e. The Hall–Kier alpha value is -4.69. The molecule has 5 aromatic rings. The minimum atomic E-state index is -0.273. The topological polar surface area (TPSA) is 51.6 Å². The molecule has 0 amide bonds. The summed E-state index contributed by atoms with van der Waals surface area (Å²) in [6, 6.07) is 29.7. The third kappa shape index (κ3) is 5.14.